The Morgan fingerprint density at radius 1 is 0.880 bits per heavy atom. The maximum atomic E-state index is 12.2. The zero-order valence-corrected chi connectivity index (χ0v) is 15.3. The minimum absolute atomic E-state index is 0.124. The number of hydrogen-bond donors (Lipinski definition) is 2. The van der Waals surface area contributed by atoms with Crippen molar-refractivity contribution in [2.75, 3.05) is 5.32 Å². The van der Waals surface area contributed by atoms with Crippen molar-refractivity contribution in [3.05, 3.63) is 65.2 Å². The van der Waals surface area contributed by atoms with Crippen LogP contribution in [0.25, 0.3) is 0 Å². The SMILES string of the molecule is CCc1ccc(CNC(=O)C(=O)Nc2ccccc2C(C)(C)C)cc1. The molecule has 0 heterocycles. The van der Waals surface area contributed by atoms with Crippen molar-refractivity contribution >= 4 is 17.5 Å². The standard InChI is InChI=1S/C21H26N2O2/c1-5-15-10-12-16(13-11-15)14-22-19(24)20(25)23-18-9-7-6-8-17(18)21(2,3)4/h6-13H,5,14H2,1-4H3,(H,22,24)(H,23,25). The van der Waals surface area contributed by atoms with Crippen molar-refractivity contribution in [1.82, 2.24) is 5.32 Å². The minimum atomic E-state index is -0.651. The molecule has 0 saturated carbocycles. The smallest absolute Gasteiger partial charge is 0.313 e. The first kappa shape index (κ1) is 18.7. The number of benzene rings is 2. The molecule has 0 saturated heterocycles. The van der Waals surface area contributed by atoms with Gasteiger partial charge >= 0.3 is 11.8 Å². The van der Waals surface area contributed by atoms with Gasteiger partial charge in [0.2, 0.25) is 0 Å². The lowest BCUT2D eigenvalue weighted by Gasteiger charge is -2.22. The van der Waals surface area contributed by atoms with Crippen LogP contribution in [0, 0.1) is 0 Å². The van der Waals surface area contributed by atoms with E-state index in [2.05, 4.69) is 38.3 Å². The van der Waals surface area contributed by atoms with Crippen LogP contribution in [0.15, 0.2) is 48.5 Å². The third-order valence-electron chi connectivity index (χ3n) is 4.07. The van der Waals surface area contributed by atoms with Gasteiger partial charge in [-0.15, -0.1) is 0 Å². The van der Waals surface area contributed by atoms with Crippen molar-refractivity contribution in [3.8, 4) is 0 Å². The van der Waals surface area contributed by atoms with Gasteiger partial charge in [0, 0.05) is 12.2 Å². The van der Waals surface area contributed by atoms with Gasteiger partial charge in [-0.2, -0.15) is 0 Å². The second-order valence-corrected chi connectivity index (χ2v) is 7.10. The molecule has 0 aromatic heterocycles. The summed E-state index contributed by atoms with van der Waals surface area (Å²) < 4.78 is 0. The average Bonchev–Trinajstić information content (AvgIpc) is 2.59. The molecule has 0 spiro atoms. The van der Waals surface area contributed by atoms with Crippen LogP contribution in [0.5, 0.6) is 0 Å². The molecule has 0 atom stereocenters. The molecule has 0 aliphatic carbocycles. The van der Waals surface area contributed by atoms with Crippen molar-refractivity contribution < 1.29 is 9.59 Å². The minimum Gasteiger partial charge on any atom is -0.344 e. The second kappa shape index (κ2) is 7.97. The fraction of sp³-hybridized carbons (Fsp3) is 0.333. The molecule has 132 valence electrons. The first-order chi connectivity index (χ1) is 11.8. The number of aryl methyl sites for hydroxylation is 1. The molecule has 4 nitrogen and oxygen atoms in total. The number of nitrogens with one attached hydrogen (secondary N) is 2. The highest BCUT2D eigenvalue weighted by atomic mass is 16.2. The van der Waals surface area contributed by atoms with E-state index >= 15 is 0 Å². The highest BCUT2D eigenvalue weighted by Crippen LogP contribution is 2.29. The van der Waals surface area contributed by atoms with Gasteiger partial charge in [0.25, 0.3) is 0 Å². The van der Waals surface area contributed by atoms with Crippen LogP contribution in [0.1, 0.15) is 44.4 Å². The lowest BCUT2D eigenvalue weighted by atomic mass is 9.86. The van der Waals surface area contributed by atoms with E-state index in [9.17, 15) is 9.59 Å². The van der Waals surface area contributed by atoms with Gasteiger partial charge < -0.3 is 10.6 Å². The molecule has 0 bridgehead atoms. The summed E-state index contributed by atoms with van der Waals surface area (Å²) in [5, 5.41) is 5.38. The highest BCUT2D eigenvalue weighted by Gasteiger charge is 2.20. The van der Waals surface area contributed by atoms with Crippen molar-refractivity contribution in [1.29, 1.82) is 0 Å². The summed E-state index contributed by atoms with van der Waals surface area (Å²) >= 11 is 0. The van der Waals surface area contributed by atoms with Crippen LogP contribution in [0.3, 0.4) is 0 Å². The average molecular weight is 338 g/mol. The molecule has 2 aromatic carbocycles. The van der Waals surface area contributed by atoms with E-state index in [1.54, 1.807) is 0 Å². The quantitative estimate of drug-likeness (QED) is 0.833. The van der Waals surface area contributed by atoms with Crippen molar-refractivity contribution in [2.24, 2.45) is 0 Å². The van der Waals surface area contributed by atoms with Gasteiger partial charge in [-0.05, 0) is 34.6 Å². The molecule has 2 rings (SSSR count). The number of hydrogen-bond acceptors (Lipinski definition) is 2. The first-order valence-electron chi connectivity index (χ1n) is 8.57. The summed E-state index contributed by atoms with van der Waals surface area (Å²) in [7, 11) is 0. The van der Waals surface area contributed by atoms with Gasteiger partial charge in [-0.1, -0.05) is 70.2 Å². The molecule has 0 unspecified atom stereocenters. The summed E-state index contributed by atoms with van der Waals surface area (Å²) in [4.78, 5) is 24.3. The molecule has 2 N–H and O–H groups in total. The lowest BCUT2D eigenvalue weighted by molar-refractivity contribution is -0.136. The number of anilines is 1. The Kier molecular flexibility index (Phi) is 5.97. The number of carbonyl (C=O) groups is 2. The van der Waals surface area contributed by atoms with Gasteiger partial charge in [0.1, 0.15) is 0 Å². The topological polar surface area (TPSA) is 58.2 Å². The van der Waals surface area contributed by atoms with Crippen LogP contribution in [0.4, 0.5) is 5.69 Å². The van der Waals surface area contributed by atoms with Crippen LogP contribution < -0.4 is 10.6 Å². The van der Waals surface area contributed by atoms with Crippen LogP contribution in [-0.2, 0) is 28.0 Å². The second-order valence-electron chi connectivity index (χ2n) is 7.10. The zero-order chi connectivity index (χ0) is 18.4. The fourth-order valence-electron chi connectivity index (χ4n) is 2.58. The lowest BCUT2D eigenvalue weighted by Crippen LogP contribution is -2.35. The Labute approximate surface area is 149 Å². The van der Waals surface area contributed by atoms with E-state index in [4.69, 9.17) is 0 Å². The number of amides is 2. The summed E-state index contributed by atoms with van der Waals surface area (Å²) in [5.41, 5.74) is 3.75. The monoisotopic (exact) mass is 338 g/mol. The van der Waals surface area contributed by atoms with Gasteiger partial charge in [-0.3, -0.25) is 9.59 Å². The van der Waals surface area contributed by atoms with Crippen LogP contribution in [-0.4, -0.2) is 11.8 Å². The van der Waals surface area contributed by atoms with Crippen LogP contribution >= 0.6 is 0 Å². The molecule has 0 radical (unpaired) electrons. The normalized spacial score (nSPS) is 11.0. The van der Waals surface area contributed by atoms with Crippen molar-refractivity contribution in [3.63, 3.8) is 0 Å². The molecule has 0 aliphatic heterocycles. The predicted molar refractivity (Wildman–Crippen MR) is 101 cm³/mol. The number of carbonyl (C=O) groups excluding carboxylic acids is 2. The van der Waals surface area contributed by atoms with E-state index < -0.39 is 11.8 Å². The number of rotatable bonds is 4. The van der Waals surface area contributed by atoms with E-state index in [1.807, 2.05) is 48.5 Å². The molecule has 2 aromatic rings. The Hall–Kier alpha value is -2.62. The van der Waals surface area contributed by atoms with E-state index in [-0.39, 0.29) is 5.41 Å². The largest absolute Gasteiger partial charge is 0.344 e. The molecule has 0 fully saturated rings. The van der Waals surface area contributed by atoms with Gasteiger partial charge in [-0.25, -0.2) is 0 Å². The van der Waals surface area contributed by atoms with E-state index in [0.717, 1.165) is 17.5 Å². The molecule has 4 heteroatoms. The summed E-state index contributed by atoms with van der Waals surface area (Å²) in [6.07, 6.45) is 0.974. The maximum Gasteiger partial charge on any atom is 0.313 e. The summed E-state index contributed by atoms with van der Waals surface area (Å²) in [6.45, 7) is 8.63. The van der Waals surface area contributed by atoms with E-state index in [0.29, 0.717) is 12.2 Å². The fourth-order valence-corrected chi connectivity index (χ4v) is 2.58. The Bertz CT molecular complexity index is 743. The van der Waals surface area contributed by atoms with Crippen LogP contribution in [0.2, 0.25) is 0 Å². The first-order valence-corrected chi connectivity index (χ1v) is 8.57. The third-order valence-corrected chi connectivity index (χ3v) is 4.07. The van der Waals surface area contributed by atoms with Crippen molar-refractivity contribution in [2.45, 2.75) is 46.1 Å². The third kappa shape index (κ3) is 5.18. The summed E-state index contributed by atoms with van der Waals surface area (Å²) in [5.74, 6) is -1.29. The van der Waals surface area contributed by atoms with Gasteiger partial charge in [0.05, 0.1) is 0 Å². The predicted octanol–water partition coefficient (Wildman–Crippen LogP) is 3.80. The molecular formula is C21H26N2O2. The van der Waals surface area contributed by atoms with E-state index in [1.165, 1.54) is 5.56 Å². The highest BCUT2D eigenvalue weighted by molar-refractivity contribution is 6.39. The molecule has 0 aliphatic rings. The number of para-hydroxylation sites is 1. The Morgan fingerprint density at radius 3 is 2.08 bits per heavy atom. The molecule has 2 amide bonds. The Morgan fingerprint density at radius 2 is 1.48 bits per heavy atom. The summed E-state index contributed by atoms with van der Waals surface area (Å²) in [6, 6.07) is 15.5. The molecular weight excluding hydrogens is 312 g/mol. The maximum absolute atomic E-state index is 12.2. The van der Waals surface area contributed by atoms with Gasteiger partial charge in [0.15, 0.2) is 0 Å². The molecule has 25 heavy (non-hydrogen) atoms. The zero-order valence-electron chi connectivity index (χ0n) is 15.3. The Balaban J connectivity index is 1.98.